The molecule has 0 saturated heterocycles. The van der Waals surface area contributed by atoms with Gasteiger partial charge in [0, 0.05) is 18.7 Å². The summed E-state index contributed by atoms with van der Waals surface area (Å²) in [5.41, 5.74) is 4.23. The molecule has 0 aliphatic carbocycles. The maximum atomic E-state index is 13.3. The number of halogens is 1. The van der Waals surface area contributed by atoms with Crippen molar-refractivity contribution in [1.82, 2.24) is 14.5 Å². The topological polar surface area (TPSA) is 30.3 Å². The van der Waals surface area contributed by atoms with Crippen LogP contribution in [0.5, 0.6) is 5.75 Å². The van der Waals surface area contributed by atoms with Crippen LogP contribution in [0.1, 0.15) is 17.0 Å². The van der Waals surface area contributed by atoms with Gasteiger partial charge in [-0.1, -0.05) is 42.5 Å². The third-order valence-electron chi connectivity index (χ3n) is 5.03. The van der Waals surface area contributed by atoms with Gasteiger partial charge in [0.2, 0.25) is 0 Å². The molecular weight excluding hydrogens is 365 g/mol. The van der Waals surface area contributed by atoms with E-state index in [1.54, 1.807) is 7.11 Å². The number of hydrogen-bond donors (Lipinski definition) is 0. The molecule has 0 N–H and O–H groups in total. The fourth-order valence-corrected chi connectivity index (χ4v) is 3.62. The van der Waals surface area contributed by atoms with Crippen molar-refractivity contribution in [2.75, 3.05) is 14.2 Å². The molecule has 0 saturated carbocycles. The Balaban J connectivity index is 1.61. The predicted molar refractivity (Wildman–Crippen MR) is 113 cm³/mol. The molecule has 0 bridgehead atoms. The van der Waals surface area contributed by atoms with Crippen molar-refractivity contribution in [2.24, 2.45) is 0 Å². The fourth-order valence-electron chi connectivity index (χ4n) is 3.62. The van der Waals surface area contributed by atoms with Crippen LogP contribution >= 0.6 is 0 Å². The van der Waals surface area contributed by atoms with Crippen molar-refractivity contribution < 1.29 is 9.13 Å². The first-order valence-electron chi connectivity index (χ1n) is 9.63. The van der Waals surface area contributed by atoms with Gasteiger partial charge in [0.25, 0.3) is 0 Å². The minimum atomic E-state index is -0.221. The smallest absolute Gasteiger partial charge is 0.124 e. The van der Waals surface area contributed by atoms with Gasteiger partial charge in [-0.25, -0.2) is 9.37 Å². The summed E-state index contributed by atoms with van der Waals surface area (Å²) in [6, 6.07) is 22.8. The molecule has 0 fully saturated rings. The van der Waals surface area contributed by atoms with Gasteiger partial charge < -0.3 is 9.30 Å². The Bertz CT molecular complexity index is 1100. The number of nitrogens with zero attached hydrogens (tertiary/aromatic N) is 3. The van der Waals surface area contributed by atoms with Gasteiger partial charge in [0.1, 0.15) is 17.4 Å². The van der Waals surface area contributed by atoms with Crippen molar-refractivity contribution in [3.05, 3.63) is 95.6 Å². The molecule has 4 rings (SSSR count). The van der Waals surface area contributed by atoms with Crippen LogP contribution in [-0.2, 0) is 19.6 Å². The van der Waals surface area contributed by atoms with Crippen LogP contribution < -0.4 is 4.74 Å². The number of para-hydroxylation sites is 3. The third kappa shape index (κ3) is 4.30. The third-order valence-corrected chi connectivity index (χ3v) is 5.03. The number of rotatable bonds is 7. The van der Waals surface area contributed by atoms with Crippen LogP contribution in [-0.4, -0.2) is 28.6 Å². The second-order valence-electron chi connectivity index (χ2n) is 7.21. The summed E-state index contributed by atoms with van der Waals surface area (Å²) in [6.45, 7) is 2.09. The molecule has 0 unspecified atom stereocenters. The first-order chi connectivity index (χ1) is 14.1. The summed E-state index contributed by atoms with van der Waals surface area (Å²) in [7, 11) is 3.77. The van der Waals surface area contributed by atoms with E-state index in [0.29, 0.717) is 13.1 Å². The van der Waals surface area contributed by atoms with Crippen LogP contribution in [0, 0.1) is 5.82 Å². The SMILES string of the molecule is COc1ccccc1CN(C)Cc1nc2ccccc2n1Cc1ccc(F)cc1. The fraction of sp³-hybridized carbons (Fsp3) is 0.208. The normalized spacial score (nSPS) is 11.3. The molecule has 148 valence electrons. The maximum Gasteiger partial charge on any atom is 0.124 e. The van der Waals surface area contributed by atoms with Crippen LogP contribution in [0.2, 0.25) is 0 Å². The van der Waals surface area contributed by atoms with Gasteiger partial charge in [-0.15, -0.1) is 0 Å². The average molecular weight is 389 g/mol. The van der Waals surface area contributed by atoms with E-state index in [0.717, 1.165) is 40.3 Å². The lowest BCUT2D eigenvalue weighted by Crippen LogP contribution is -2.20. The van der Waals surface area contributed by atoms with E-state index in [9.17, 15) is 4.39 Å². The molecule has 0 amide bonds. The van der Waals surface area contributed by atoms with Gasteiger partial charge in [-0.3, -0.25) is 4.90 Å². The van der Waals surface area contributed by atoms with Crippen molar-refractivity contribution in [1.29, 1.82) is 0 Å². The van der Waals surface area contributed by atoms with Crippen molar-refractivity contribution in [3.8, 4) is 5.75 Å². The summed E-state index contributed by atoms with van der Waals surface area (Å²) in [4.78, 5) is 7.09. The Kier molecular flexibility index (Phi) is 5.58. The second kappa shape index (κ2) is 8.45. The van der Waals surface area contributed by atoms with Crippen LogP contribution in [0.15, 0.2) is 72.8 Å². The number of ether oxygens (including phenoxy) is 1. The molecular formula is C24H24FN3O. The van der Waals surface area contributed by atoms with Gasteiger partial charge in [0.15, 0.2) is 0 Å². The number of fused-ring (bicyclic) bond motifs is 1. The maximum absolute atomic E-state index is 13.3. The summed E-state index contributed by atoms with van der Waals surface area (Å²) < 4.78 is 21.0. The molecule has 3 aromatic carbocycles. The monoisotopic (exact) mass is 389 g/mol. The molecule has 0 aliphatic rings. The van der Waals surface area contributed by atoms with Gasteiger partial charge in [0.05, 0.1) is 24.7 Å². The van der Waals surface area contributed by atoms with Crippen molar-refractivity contribution in [3.63, 3.8) is 0 Å². The number of aromatic nitrogens is 2. The lowest BCUT2D eigenvalue weighted by molar-refractivity contribution is 0.299. The summed E-state index contributed by atoms with van der Waals surface area (Å²) >= 11 is 0. The molecule has 1 aromatic heterocycles. The van der Waals surface area contributed by atoms with Gasteiger partial charge >= 0.3 is 0 Å². The highest BCUT2D eigenvalue weighted by molar-refractivity contribution is 5.76. The first-order valence-corrected chi connectivity index (χ1v) is 9.63. The van der Waals surface area contributed by atoms with Gasteiger partial charge in [-0.2, -0.15) is 0 Å². The first kappa shape index (κ1) is 19.2. The zero-order chi connectivity index (χ0) is 20.2. The molecule has 0 radical (unpaired) electrons. The Hall–Kier alpha value is -3.18. The average Bonchev–Trinajstić information content (AvgIpc) is 3.07. The van der Waals surface area contributed by atoms with E-state index in [1.165, 1.54) is 12.1 Å². The van der Waals surface area contributed by atoms with Crippen molar-refractivity contribution in [2.45, 2.75) is 19.6 Å². The zero-order valence-electron chi connectivity index (χ0n) is 16.7. The quantitative estimate of drug-likeness (QED) is 0.452. The molecule has 4 aromatic rings. The lowest BCUT2D eigenvalue weighted by Gasteiger charge is -2.19. The van der Waals surface area contributed by atoms with E-state index in [4.69, 9.17) is 9.72 Å². The van der Waals surface area contributed by atoms with Crippen LogP contribution in [0.4, 0.5) is 4.39 Å². The van der Waals surface area contributed by atoms with E-state index >= 15 is 0 Å². The van der Waals surface area contributed by atoms with E-state index in [2.05, 4.69) is 28.6 Å². The predicted octanol–water partition coefficient (Wildman–Crippen LogP) is 4.86. The summed E-state index contributed by atoms with van der Waals surface area (Å²) in [5, 5.41) is 0. The number of hydrogen-bond acceptors (Lipinski definition) is 3. The highest BCUT2D eigenvalue weighted by atomic mass is 19.1. The molecule has 0 aliphatic heterocycles. The molecule has 1 heterocycles. The highest BCUT2D eigenvalue weighted by Crippen LogP contribution is 2.22. The van der Waals surface area contributed by atoms with Crippen molar-refractivity contribution >= 4 is 11.0 Å². The minimum Gasteiger partial charge on any atom is -0.496 e. The highest BCUT2D eigenvalue weighted by Gasteiger charge is 2.14. The standard InChI is InChI=1S/C24H24FN3O/c1-27(16-19-7-3-6-10-23(19)29-2)17-24-26-21-8-4-5-9-22(21)28(24)15-18-11-13-20(25)14-12-18/h3-14H,15-17H2,1-2H3. The molecule has 5 heteroatoms. The minimum absolute atomic E-state index is 0.221. The zero-order valence-corrected chi connectivity index (χ0v) is 16.7. The van der Waals surface area contributed by atoms with Crippen LogP contribution in [0.3, 0.4) is 0 Å². The Morgan fingerprint density at radius 2 is 1.66 bits per heavy atom. The Morgan fingerprint density at radius 3 is 2.45 bits per heavy atom. The number of methoxy groups -OCH3 is 1. The largest absolute Gasteiger partial charge is 0.496 e. The van der Waals surface area contributed by atoms with E-state index < -0.39 is 0 Å². The molecule has 29 heavy (non-hydrogen) atoms. The molecule has 4 nitrogen and oxygen atoms in total. The van der Waals surface area contributed by atoms with Gasteiger partial charge in [-0.05, 0) is 42.9 Å². The van der Waals surface area contributed by atoms with E-state index in [-0.39, 0.29) is 5.82 Å². The lowest BCUT2D eigenvalue weighted by atomic mass is 10.2. The second-order valence-corrected chi connectivity index (χ2v) is 7.21. The van der Waals surface area contributed by atoms with E-state index in [1.807, 2.05) is 48.5 Å². The number of imidazole rings is 1. The Morgan fingerprint density at radius 1 is 0.931 bits per heavy atom. The summed E-state index contributed by atoms with van der Waals surface area (Å²) in [6.07, 6.45) is 0. The molecule has 0 spiro atoms. The van der Waals surface area contributed by atoms with Crippen LogP contribution in [0.25, 0.3) is 11.0 Å². The summed E-state index contributed by atoms with van der Waals surface area (Å²) in [5.74, 6) is 1.65. The molecule has 0 atom stereocenters. The number of benzene rings is 3. The Labute approximate surface area is 170 Å².